The normalized spacial score (nSPS) is 13.8. The first-order valence-electron chi connectivity index (χ1n) is 2.65. The van der Waals surface area contributed by atoms with Gasteiger partial charge >= 0.3 is 0 Å². The van der Waals surface area contributed by atoms with E-state index in [2.05, 4.69) is 6.30 Å². The van der Waals surface area contributed by atoms with E-state index in [-0.39, 0.29) is 5.60 Å². The highest BCUT2D eigenvalue weighted by Gasteiger charge is 2.16. The lowest BCUT2D eigenvalue weighted by Gasteiger charge is -2.10. The molecule has 0 aromatic rings. The average Bonchev–Trinajstić information content (AvgIpc) is 1.21. The van der Waals surface area contributed by atoms with Gasteiger partial charge in [0, 0.05) is 0 Å². The molecule has 48 valence electrons. The third-order valence-corrected chi connectivity index (χ3v) is 1.29. The van der Waals surface area contributed by atoms with Crippen LogP contribution in [0.2, 0.25) is 0 Å². The van der Waals surface area contributed by atoms with Crippen LogP contribution in [0.5, 0.6) is 0 Å². The average molecular weight is 133 g/mol. The summed E-state index contributed by atoms with van der Waals surface area (Å²) in [6, 6.07) is 0. The summed E-state index contributed by atoms with van der Waals surface area (Å²) in [6.45, 7) is 8.12. The molecule has 1 nitrogen and oxygen atoms in total. The standard InChI is InChI=1S/C6H14OP/c1-6(2,3)7-8(4)5/h4H2,1-3,5H3/q+1. The predicted octanol–water partition coefficient (Wildman–Crippen LogP) is 2.26. The fourth-order valence-corrected chi connectivity index (χ4v) is 1.40. The van der Waals surface area contributed by atoms with Gasteiger partial charge in [-0.3, -0.25) is 0 Å². The van der Waals surface area contributed by atoms with Crippen molar-refractivity contribution in [1.29, 1.82) is 0 Å². The van der Waals surface area contributed by atoms with Gasteiger partial charge in [0.05, 0.1) is 0 Å². The molecule has 0 amide bonds. The van der Waals surface area contributed by atoms with E-state index in [9.17, 15) is 0 Å². The van der Waals surface area contributed by atoms with Crippen LogP contribution < -0.4 is 0 Å². The third-order valence-electron chi connectivity index (χ3n) is 0.430. The molecule has 8 heavy (non-hydrogen) atoms. The minimum absolute atomic E-state index is 0.0117. The van der Waals surface area contributed by atoms with E-state index < -0.39 is 7.77 Å². The monoisotopic (exact) mass is 133 g/mol. The van der Waals surface area contributed by atoms with Crippen LogP contribution in [0.1, 0.15) is 20.8 Å². The highest BCUT2D eigenvalue weighted by Crippen LogP contribution is 2.24. The summed E-state index contributed by atoms with van der Waals surface area (Å²) < 4.78 is 5.39. The predicted molar refractivity (Wildman–Crippen MR) is 40.8 cm³/mol. The zero-order valence-corrected chi connectivity index (χ0v) is 6.96. The Labute approximate surface area is 52.5 Å². The second-order valence-corrected chi connectivity index (χ2v) is 4.27. The molecule has 2 heteroatoms. The number of hydrogen-bond donors (Lipinski definition) is 0. The number of hydrogen-bond acceptors (Lipinski definition) is 1. The van der Waals surface area contributed by atoms with Gasteiger partial charge in [-0.2, -0.15) is 4.52 Å². The maximum atomic E-state index is 5.39. The van der Waals surface area contributed by atoms with Crippen molar-refractivity contribution in [3.8, 4) is 0 Å². The molecule has 0 aliphatic heterocycles. The lowest BCUT2D eigenvalue weighted by atomic mass is 10.2. The van der Waals surface area contributed by atoms with E-state index >= 15 is 0 Å². The van der Waals surface area contributed by atoms with Gasteiger partial charge in [-0.25, -0.2) is 0 Å². The maximum absolute atomic E-state index is 5.39. The van der Waals surface area contributed by atoms with Crippen LogP contribution in [0, 0.1) is 0 Å². The Balaban J connectivity index is 3.55. The van der Waals surface area contributed by atoms with E-state index in [0.717, 1.165) is 0 Å². The molecule has 0 aliphatic rings. The smallest absolute Gasteiger partial charge is 0.175 e. The Kier molecular flexibility index (Phi) is 2.65. The Morgan fingerprint density at radius 2 is 1.75 bits per heavy atom. The van der Waals surface area contributed by atoms with E-state index in [4.69, 9.17) is 4.52 Å². The Hall–Kier alpha value is 0.130. The summed E-state index contributed by atoms with van der Waals surface area (Å²) in [5.74, 6) is 0. The first-order chi connectivity index (χ1) is 3.42. The topological polar surface area (TPSA) is 9.23 Å². The lowest BCUT2D eigenvalue weighted by Crippen LogP contribution is -2.14. The van der Waals surface area contributed by atoms with Crippen molar-refractivity contribution in [2.45, 2.75) is 26.4 Å². The molecule has 0 rings (SSSR count). The first kappa shape index (κ1) is 8.13. The fourth-order valence-electron chi connectivity index (χ4n) is 0.468. The molecule has 0 saturated heterocycles. The molecule has 0 fully saturated rings. The van der Waals surface area contributed by atoms with Gasteiger partial charge in [-0.05, 0) is 20.8 Å². The highest BCUT2D eigenvalue weighted by molar-refractivity contribution is 7.49. The zero-order valence-electron chi connectivity index (χ0n) is 6.06. The van der Waals surface area contributed by atoms with Gasteiger partial charge in [0.25, 0.3) is 0 Å². The molecule has 0 radical (unpaired) electrons. The van der Waals surface area contributed by atoms with Gasteiger partial charge < -0.3 is 0 Å². The first-order valence-corrected chi connectivity index (χ1v) is 4.54. The minimum atomic E-state index is -0.439. The van der Waals surface area contributed by atoms with Gasteiger partial charge in [-0.1, -0.05) is 0 Å². The summed E-state index contributed by atoms with van der Waals surface area (Å²) in [5.41, 5.74) is -0.0117. The molecule has 0 aliphatic carbocycles. The number of rotatable bonds is 1. The minimum Gasteiger partial charge on any atom is -0.175 e. The molecule has 0 heterocycles. The van der Waals surface area contributed by atoms with Crippen LogP contribution >= 0.6 is 7.77 Å². The van der Waals surface area contributed by atoms with Crippen LogP contribution in [0.4, 0.5) is 0 Å². The Bertz CT molecular complexity index is 91.2. The van der Waals surface area contributed by atoms with Crippen molar-refractivity contribution in [2.24, 2.45) is 0 Å². The Morgan fingerprint density at radius 1 is 1.38 bits per heavy atom. The van der Waals surface area contributed by atoms with Gasteiger partial charge in [-0.15, -0.1) is 0 Å². The second-order valence-electron chi connectivity index (χ2n) is 2.83. The Morgan fingerprint density at radius 3 is 1.75 bits per heavy atom. The SMILES string of the molecule is C=[P+](C)OC(C)(C)C. The van der Waals surface area contributed by atoms with Crippen molar-refractivity contribution < 1.29 is 4.52 Å². The summed E-state index contributed by atoms with van der Waals surface area (Å²) in [6.07, 6.45) is 3.77. The quantitative estimate of drug-likeness (QED) is 0.498. The molecular weight excluding hydrogens is 119 g/mol. The van der Waals surface area contributed by atoms with Crippen LogP contribution in [-0.4, -0.2) is 18.6 Å². The summed E-state index contributed by atoms with van der Waals surface area (Å²) >= 11 is 0. The molecule has 1 atom stereocenters. The van der Waals surface area contributed by atoms with E-state index in [0.29, 0.717) is 0 Å². The molecule has 0 spiro atoms. The van der Waals surface area contributed by atoms with E-state index in [1.165, 1.54) is 0 Å². The molecule has 0 aromatic heterocycles. The van der Waals surface area contributed by atoms with Crippen molar-refractivity contribution >= 4 is 14.1 Å². The third kappa shape index (κ3) is 6.13. The van der Waals surface area contributed by atoms with Gasteiger partial charge in [0.1, 0.15) is 18.6 Å². The molecule has 0 aromatic carbocycles. The van der Waals surface area contributed by atoms with Crippen molar-refractivity contribution in [3.05, 3.63) is 0 Å². The fraction of sp³-hybridized carbons (Fsp3) is 0.833. The molecular formula is C6H14OP+. The zero-order chi connectivity index (χ0) is 6.78. The lowest BCUT2D eigenvalue weighted by molar-refractivity contribution is 0.157. The van der Waals surface area contributed by atoms with Gasteiger partial charge in [0.2, 0.25) is 7.77 Å². The highest BCUT2D eigenvalue weighted by atomic mass is 31.1. The van der Waals surface area contributed by atoms with Crippen LogP contribution in [-0.2, 0) is 4.52 Å². The molecule has 0 saturated carbocycles. The van der Waals surface area contributed by atoms with Crippen LogP contribution in [0.15, 0.2) is 0 Å². The maximum Gasteiger partial charge on any atom is 0.244 e. The van der Waals surface area contributed by atoms with Crippen LogP contribution in [0.25, 0.3) is 0 Å². The molecule has 0 bridgehead atoms. The van der Waals surface area contributed by atoms with E-state index in [1.807, 2.05) is 27.4 Å². The van der Waals surface area contributed by atoms with Crippen molar-refractivity contribution in [1.82, 2.24) is 0 Å². The van der Waals surface area contributed by atoms with Crippen LogP contribution in [0.3, 0.4) is 0 Å². The van der Waals surface area contributed by atoms with E-state index in [1.54, 1.807) is 0 Å². The molecule has 1 unspecified atom stereocenters. The van der Waals surface area contributed by atoms with Gasteiger partial charge in [0.15, 0.2) is 0 Å². The summed E-state index contributed by atoms with van der Waals surface area (Å²) in [7, 11) is -0.439. The molecule has 0 N–H and O–H groups in total. The second kappa shape index (κ2) is 2.61. The summed E-state index contributed by atoms with van der Waals surface area (Å²) in [5, 5.41) is 0. The van der Waals surface area contributed by atoms with Crippen molar-refractivity contribution in [3.63, 3.8) is 0 Å². The summed E-state index contributed by atoms with van der Waals surface area (Å²) in [4.78, 5) is 0. The van der Waals surface area contributed by atoms with Crippen molar-refractivity contribution in [2.75, 3.05) is 6.66 Å². The largest absolute Gasteiger partial charge is 0.244 e.